The molecule has 0 saturated carbocycles. The molecule has 0 radical (unpaired) electrons. The van der Waals surface area contributed by atoms with Gasteiger partial charge in [-0.25, -0.2) is 0 Å². The molecule has 0 spiro atoms. The van der Waals surface area contributed by atoms with Crippen molar-refractivity contribution in [3.8, 4) is 5.75 Å². The van der Waals surface area contributed by atoms with Crippen molar-refractivity contribution >= 4 is 23.2 Å². The predicted octanol–water partition coefficient (Wildman–Crippen LogP) is 5.01. The summed E-state index contributed by atoms with van der Waals surface area (Å²) >= 11 is 5.95. The fourth-order valence-electron chi connectivity index (χ4n) is 2.19. The lowest BCUT2D eigenvalue weighted by Gasteiger charge is -2.09. The summed E-state index contributed by atoms with van der Waals surface area (Å²) in [6.07, 6.45) is 2.10. The Morgan fingerprint density at radius 3 is 2.61 bits per heavy atom. The van der Waals surface area contributed by atoms with Gasteiger partial charge in [0, 0.05) is 17.1 Å². The molecule has 1 amide bonds. The van der Waals surface area contributed by atoms with Gasteiger partial charge in [0.05, 0.1) is 6.61 Å². The van der Waals surface area contributed by atoms with Crippen LogP contribution in [0.1, 0.15) is 30.9 Å². The molecule has 0 bridgehead atoms. The second kappa shape index (κ2) is 8.59. The molecular formula is C19H22ClNO2. The van der Waals surface area contributed by atoms with Gasteiger partial charge in [-0.3, -0.25) is 4.79 Å². The Balaban J connectivity index is 1.73. The lowest BCUT2D eigenvalue weighted by atomic mass is 10.2. The quantitative estimate of drug-likeness (QED) is 0.724. The van der Waals surface area contributed by atoms with E-state index in [-0.39, 0.29) is 5.91 Å². The number of aryl methyl sites for hydroxylation is 2. The number of carbonyl (C=O) groups excluding carboxylic acids is 1. The van der Waals surface area contributed by atoms with Crippen LogP contribution in [0.25, 0.3) is 0 Å². The van der Waals surface area contributed by atoms with Gasteiger partial charge >= 0.3 is 0 Å². The van der Waals surface area contributed by atoms with Gasteiger partial charge in [0.25, 0.3) is 0 Å². The summed E-state index contributed by atoms with van der Waals surface area (Å²) in [7, 11) is 0. The smallest absolute Gasteiger partial charge is 0.224 e. The van der Waals surface area contributed by atoms with Crippen LogP contribution in [0, 0.1) is 6.92 Å². The third kappa shape index (κ3) is 5.61. The molecule has 2 aromatic rings. The Kier molecular flexibility index (Phi) is 6.48. The average Bonchev–Trinajstić information content (AvgIpc) is 2.55. The van der Waals surface area contributed by atoms with E-state index in [1.54, 1.807) is 6.07 Å². The number of halogens is 1. The largest absolute Gasteiger partial charge is 0.494 e. The topological polar surface area (TPSA) is 38.3 Å². The van der Waals surface area contributed by atoms with Crippen molar-refractivity contribution in [2.24, 2.45) is 0 Å². The van der Waals surface area contributed by atoms with Crippen molar-refractivity contribution in [2.45, 2.75) is 33.1 Å². The van der Waals surface area contributed by atoms with Gasteiger partial charge in [-0.05, 0) is 55.2 Å². The van der Waals surface area contributed by atoms with Gasteiger partial charge in [-0.15, -0.1) is 0 Å². The SMILES string of the molecule is CCc1ccc(OCCCC(=O)Nc2cc(Cl)ccc2C)cc1. The molecule has 0 heterocycles. The first-order chi connectivity index (χ1) is 11.1. The van der Waals surface area contributed by atoms with Crippen molar-refractivity contribution in [1.82, 2.24) is 0 Å². The van der Waals surface area contributed by atoms with E-state index in [0.717, 1.165) is 23.4 Å². The van der Waals surface area contributed by atoms with Crippen molar-refractivity contribution in [3.63, 3.8) is 0 Å². The summed E-state index contributed by atoms with van der Waals surface area (Å²) in [4.78, 5) is 12.0. The normalized spacial score (nSPS) is 10.4. The number of amides is 1. The van der Waals surface area contributed by atoms with Crippen molar-refractivity contribution in [3.05, 3.63) is 58.6 Å². The highest BCUT2D eigenvalue weighted by molar-refractivity contribution is 6.31. The minimum Gasteiger partial charge on any atom is -0.494 e. The molecule has 23 heavy (non-hydrogen) atoms. The summed E-state index contributed by atoms with van der Waals surface area (Å²) in [5, 5.41) is 3.50. The lowest BCUT2D eigenvalue weighted by molar-refractivity contribution is -0.116. The second-order valence-electron chi connectivity index (χ2n) is 5.46. The molecule has 0 saturated heterocycles. The Hall–Kier alpha value is -2.00. The van der Waals surface area contributed by atoms with E-state index in [4.69, 9.17) is 16.3 Å². The van der Waals surface area contributed by atoms with Crippen LogP contribution in [0.5, 0.6) is 5.75 Å². The maximum Gasteiger partial charge on any atom is 0.224 e. The van der Waals surface area contributed by atoms with E-state index in [1.165, 1.54) is 5.56 Å². The molecule has 3 nitrogen and oxygen atoms in total. The third-order valence-electron chi connectivity index (χ3n) is 3.62. The zero-order chi connectivity index (χ0) is 16.7. The van der Waals surface area contributed by atoms with Gasteiger partial charge in [0.15, 0.2) is 0 Å². The number of rotatable bonds is 7. The van der Waals surface area contributed by atoms with E-state index in [9.17, 15) is 4.79 Å². The highest BCUT2D eigenvalue weighted by atomic mass is 35.5. The van der Waals surface area contributed by atoms with Crippen LogP contribution in [0.15, 0.2) is 42.5 Å². The van der Waals surface area contributed by atoms with Crippen LogP contribution in [0.3, 0.4) is 0 Å². The van der Waals surface area contributed by atoms with Crippen molar-refractivity contribution in [1.29, 1.82) is 0 Å². The molecule has 2 aromatic carbocycles. The average molecular weight is 332 g/mol. The van der Waals surface area contributed by atoms with Crippen molar-refractivity contribution in [2.75, 3.05) is 11.9 Å². The van der Waals surface area contributed by atoms with Crippen LogP contribution < -0.4 is 10.1 Å². The summed E-state index contributed by atoms with van der Waals surface area (Å²) in [6, 6.07) is 13.5. The molecule has 0 aliphatic heterocycles. The molecule has 122 valence electrons. The Labute approximate surface area is 142 Å². The van der Waals surface area contributed by atoms with Gasteiger partial charge in [-0.2, -0.15) is 0 Å². The molecular weight excluding hydrogens is 310 g/mol. The van der Waals surface area contributed by atoms with Crippen LogP contribution in [0.4, 0.5) is 5.69 Å². The molecule has 0 unspecified atom stereocenters. The maximum absolute atomic E-state index is 12.0. The summed E-state index contributed by atoms with van der Waals surface area (Å²) in [5.74, 6) is 0.814. The minimum atomic E-state index is -0.0275. The second-order valence-corrected chi connectivity index (χ2v) is 5.89. The molecule has 1 N–H and O–H groups in total. The van der Waals surface area contributed by atoms with Gasteiger partial charge < -0.3 is 10.1 Å². The molecule has 0 aromatic heterocycles. The molecule has 0 aliphatic rings. The number of benzene rings is 2. The standard InChI is InChI=1S/C19H22ClNO2/c1-3-15-7-10-17(11-8-15)23-12-4-5-19(22)21-18-13-16(20)9-6-14(18)2/h6-11,13H,3-5,12H2,1-2H3,(H,21,22). The first-order valence-electron chi connectivity index (χ1n) is 7.86. The number of anilines is 1. The van der Waals surface area contributed by atoms with E-state index < -0.39 is 0 Å². The number of ether oxygens (including phenoxy) is 1. The fourth-order valence-corrected chi connectivity index (χ4v) is 2.36. The third-order valence-corrected chi connectivity index (χ3v) is 3.86. The number of carbonyl (C=O) groups is 1. The molecule has 0 aliphatic carbocycles. The van der Waals surface area contributed by atoms with E-state index in [0.29, 0.717) is 24.5 Å². The van der Waals surface area contributed by atoms with Gasteiger partial charge in [0.1, 0.15) is 5.75 Å². The fraction of sp³-hybridized carbons (Fsp3) is 0.316. The maximum atomic E-state index is 12.0. The summed E-state index contributed by atoms with van der Waals surface area (Å²) < 4.78 is 5.65. The molecule has 4 heteroatoms. The highest BCUT2D eigenvalue weighted by Gasteiger charge is 2.05. The predicted molar refractivity (Wildman–Crippen MR) is 95.4 cm³/mol. The van der Waals surface area contributed by atoms with Crippen LogP contribution in [0.2, 0.25) is 5.02 Å². The van der Waals surface area contributed by atoms with Gasteiger partial charge in [-0.1, -0.05) is 36.7 Å². The number of hydrogen-bond acceptors (Lipinski definition) is 2. The minimum absolute atomic E-state index is 0.0275. The summed E-state index contributed by atoms with van der Waals surface area (Å²) in [6.45, 7) is 4.58. The lowest BCUT2D eigenvalue weighted by Crippen LogP contribution is -2.13. The molecule has 2 rings (SSSR count). The van der Waals surface area contributed by atoms with Crippen LogP contribution in [-0.4, -0.2) is 12.5 Å². The Morgan fingerprint density at radius 1 is 1.17 bits per heavy atom. The molecule has 0 fully saturated rings. The Morgan fingerprint density at radius 2 is 1.91 bits per heavy atom. The molecule has 0 atom stereocenters. The van der Waals surface area contributed by atoms with E-state index in [1.807, 2.05) is 31.2 Å². The van der Waals surface area contributed by atoms with Crippen LogP contribution >= 0.6 is 11.6 Å². The number of hydrogen-bond donors (Lipinski definition) is 1. The van der Waals surface area contributed by atoms with E-state index >= 15 is 0 Å². The van der Waals surface area contributed by atoms with Crippen LogP contribution in [-0.2, 0) is 11.2 Å². The Bertz CT molecular complexity index is 653. The van der Waals surface area contributed by atoms with Crippen molar-refractivity contribution < 1.29 is 9.53 Å². The van der Waals surface area contributed by atoms with Gasteiger partial charge in [0.2, 0.25) is 5.91 Å². The first kappa shape index (κ1) is 17.4. The number of nitrogens with one attached hydrogen (secondary N) is 1. The monoisotopic (exact) mass is 331 g/mol. The summed E-state index contributed by atoms with van der Waals surface area (Å²) in [5.41, 5.74) is 3.04. The first-order valence-corrected chi connectivity index (χ1v) is 8.24. The van der Waals surface area contributed by atoms with E-state index in [2.05, 4.69) is 24.4 Å². The zero-order valence-electron chi connectivity index (χ0n) is 13.6. The zero-order valence-corrected chi connectivity index (χ0v) is 14.3. The highest BCUT2D eigenvalue weighted by Crippen LogP contribution is 2.20.